The monoisotopic (exact) mass is 331 g/mol. The lowest BCUT2D eigenvalue weighted by Gasteiger charge is -2.17. The van der Waals surface area contributed by atoms with Crippen molar-refractivity contribution in [2.45, 2.75) is 39.8 Å². The number of aromatic carboxylic acids is 1. The van der Waals surface area contributed by atoms with E-state index in [0.717, 1.165) is 29.6 Å². The molecule has 1 atom stereocenters. The highest BCUT2D eigenvalue weighted by molar-refractivity contribution is 5.95. The number of hydrogen-bond acceptors (Lipinski definition) is 4. The molecule has 0 spiro atoms. The minimum Gasteiger partial charge on any atom is -0.490 e. The van der Waals surface area contributed by atoms with E-state index < -0.39 is 11.9 Å². The molecule has 1 aromatic heterocycles. The molecule has 0 saturated carbocycles. The van der Waals surface area contributed by atoms with E-state index in [0.29, 0.717) is 0 Å². The van der Waals surface area contributed by atoms with Crippen LogP contribution in [0.1, 0.15) is 52.3 Å². The van der Waals surface area contributed by atoms with Crippen molar-refractivity contribution >= 4 is 11.9 Å². The van der Waals surface area contributed by atoms with Crippen LogP contribution in [0.15, 0.2) is 34.9 Å². The number of hydrogen-bond donors (Lipinski definition) is 2. The van der Waals surface area contributed by atoms with Crippen LogP contribution in [0.4, 0.5) is 0 Å². The summed E-state index contributed by atoms with van der Waals surface area (Å²) in [5.41, 5.74) is 1.86. The SMILES string of the molecule is CCC(C)Oc1cc(C)ccc1CNC(=O)c1cc(C(=O)O)co1. The number of nitrogens with one attached hydrogen (secondary N) is 1. The number of rotatable bonds is 7. The van der Waals surface area contributed by atoms with Crippen molar-refractivity contribution in [2.75, 3.05) is 0 Å². The number of furan rings is 1. The third kappa shape index (κ3) is 4.38. The molecule has 1 aromatic carbocycles. The van der Waals surface area contributed by atoms with Gasteiger partial charge in [-0.15, -0.1) is 0 Å². The Bertz CT molecular complexity index is 735. The van der Waals surface area contributed by atoms with Gasteiger partial charge in [-0.05, 0) is 31.9 Å². The fourth-order valence-corrected chi connectivity index (χ4v) is 2.05. The van der Waals surface area contributed by atoms with E-state index in [1.165, 1.54) is 6.07 Å². The molecule has 2 N–H and O–H groups in total. The lowest BCUT2D eigenvalue weighted by atomic mass is 10.1. The second kappa shape index (κ2) is 7.68. The molecule has 1 unspecified atom stereocenters. The first-order valence-corrected chi connectivity index (χ1v) is 7.77. The first-order valence-electron chi connectivity index (χ1n) is 7.77. The molecule has 6 nitrogen and oxygen atoms in total. The molecule has 1 heterocycles. The molecule has 0 aliphatic carbocycles. The van der Waals surface area contributed by atoms with Crippen LogP contribution < -0.4 is 10.1 Å². The number of aryl methyl sites for hydroxylation is 1. The zero-order chi connectivity index (χ0) is 17.7. The fraction of sp³-hybridized carbons (Fsp3) is 0.333. The van der Waals surface area contributed by atoms with Crippen molar-refractivity contribution in [3.63, 3.8) is 0 Å². The van der Waals surface area contributed by atoms with E-state index >= 15 is 0 Å². The van der Waals surface area contributed by atoms with Gasteiger partial charge in [-0.3, -0.25) is 4.79 Å². The fourth-order valence-electron chi connectivity index (χ4n) is 2.05. The highest BCUT2D eigenvalue weighted by Gasteiger charge is 2.15. The van der Waals surface area contributed by atoms with E-state index in [9.17, 15) is 9.59 Å². The summed E-state index contributed by atoms with van der Waals surface area (Å²) in [7, 11) is 0. The molecule has 0 aliphatic heterocycles. The van der Waals surface area contributed by atoms with E-state index in [4.69, 9.17) is 14.3 Å². The largest absolute Gasteiger partial charge is 0.490 e. The molecule has 1 amide bonds. The van der Waals surface area contributed by atoms with Gasteiger partial charge in [-0.1, -0.05) is 19.1 Å². The molecule has 0 bridgehead atoms. The van der Waals surface area contributed by atoms with E-state index in [2.05, 4.69) is 5.32 Å². The first kappa shape index (κ1) is 17.6. The number of benzene rings is 1. The standard InChI is InChI=1S/C18H21NO5/c1-4-12(3)24-15-7-11(2)5-6-13(15)9-19-17(20)16-8-14(10-23-16)18(21)22/h5-8,10,12H,4,9H2,1-3H3,(H,19,20)(H,21,22). The minimum absolute atomic E-state index is 0.0380. The van der Waals surface area contributed by atoms with Crippen LogP contribution >= 0.6 is 0 Å². The molecule has 2 aromatic rings. The van der Waals surface area contributed by atoms with Crippen molar-refractivity contribution in [2.24, 2.45) is 0 Å². The van der Waals surface area contributed by atoms with Crippen molar-refractivity contribution in [1.29, 1.82) is 0 Å². The third-order valence-electron chi connectivity index (χ3n) is 3.64. The summed E-state index contributed by atoms with van der Waals surface area (Å²) in [6.45, 7) is 6.26. The first-order chi connectivity index (χ1) is 11.4. The summed E-state index contributed by atoms with van der Waals surface area (Å²) in [6.07, 6.45) is 1.99. The number of carbonyl (C=O) groups excluding carboxylic acids is 1. The summed E-state index contributed by atoms with van der Waals surface area (Å²) in [5.74, 6) is -0.919. The van der Waals surface area contributed by atoms with Crippen LogP contribution in [0.3, 0.4) is 0 Å². The quantitative estimate of drug-likeness (QED) is 0.812. The lowest BCUT2D eigenvalue weighted by Crippen LogP contribution is -2.23. The number of amides is 1. The molecule has 0 saturated heterocycles. The summed E-state index contributed by atoms with van der Waals surface area (Å²) in [4.78, 5) is 22.9. The number of carbonyl (C=O) groups is 2. The summed E-state index contributed by atoms with van der Waals surface area (Å²) in [6, 6.07) is 6.98. The molecule has 0 aliphatic rings. The van der Waals surface area contributed by atoms with Gasteiger partial charge in [0.25, 0.3) is 5.91 Å². The highest BCUT2D eigenvalue weighted by Crippen LogP contribution is 2.22. The molecular formula is C18H21NO5. The van der Waals surface area contributed by atoms with Gasteiger partial charge in [-0.2, -0.15) is 0 Å². The number of carboxylic acids is 1. The van der Waals surface area contributed by atoms with Gasteiger partial charge in [-0.25, -0.2) is 4.79 Å². The van der Waals surface area contributed by atoms with Crippen molar-refractivity contribution < 1.29 is 23.8 Å². The number of ether oxygens (including phenoxy) is 1. The molecule has 0 radical (unpaired) electrons. The zero-order valence-electron chi connectivity index (χ0n) is 14.0. The van der Waals surface area contributed by atoms with E-state index in [1.807, 2.05) is 39.0 Å². The van der Waals surface area contributed by atoms with Gasteiger partial charge in [0.2, 0.25) is 0 Å². The summed E-state index contributed by atoms with van der Waals surface area (Å²) in [5, 5.41) is 11.6. The predicted octanol–water partition coefficient (Wildman–Crippen LogP) is 3.39. The van der Waals surface area contributed by atoms with Gasteiger partial charge in [0.1, 0.15) is 12.0 Å². The highest BCUT2D eigenvalue weighted by atomic mass is 16.5. The van der Waals surface area contributed by atoms with Crippen LogP contribution in [0.25, 0.3) is 0 Å². The average Bonchev–Trinajstić information content (AvgIpc) is 3.04. The normalized spacial score (nSPS) is 11.8. The van der Waals surface area contributed by atoms with Crippen molar-refractivity contribution in [3.05, 3.63) is 53.0 Å². The van der Waals surface area contributed by atoms with Crippen LogP contribution in [0, 0.1) is 6.92 Å². The Morgan fingerprint density at radius 3 is 2.71 bits per heavy atom. The topological polar surface area (TPSA) is 88.8 Å². The molecular weight excluding hydrogens is 310 g/mol. The van der Waals surface area contributed by atoms with Crippen molar-refractivity contribution in [3.8, 4) is 5.75 Å². The predicted molar refractivity (Wildman–Crippen MR) is 88.4 cm³/mol. The van der Waals surface area contributed by atoms with Crippen LogP contribution in [0.2, 0.25) is 0 Å². The average molecular weight is 331 g/mol. The minimum atomic E-state index is -1.14. The maximum atomic E-state index is 12.1. The Morgan fingerprint density at radius 1 is 1.33 bits per heavy atom. The Morgan fingerprint density at radius 2 is 2.08 bits per heavy atom. The molecule has 6 heteroatoms. The molecule has 24 heavy (non-hydrogen) atoms. The summed E-state index contributed by atoms with van der Waals surface area (Å²) >= 11 is 0. The lowest BCUT2D eigenvalue weighted by molar-refractivity contribution is 0.0695. The maximum absolute atomic E-state index is 12.1. The summed E-state index contributed by atoms with van der Waals surface area (Å²) < 4.78 is 10.9. The molecule has 0 fully saturated rings. The second-order valence-corrected chi connectivity index (χ2v) is 5.64. The van der Waals surface area contributed by atoms with Crippen LogP contribution in [0.5, 0.6) is 5.75 Å². The maximum Gasteiger partial charge on any atom is 0.338 e. The zero-order valence-corrected chi connectivity index (χ0v) is 14.0. The van der Waals surface area contributed by atoms with Gasteiger partial charge in [0, 0.05) is 18.2 Å². The van der Waals surface area contributed by atoms with Crippen LogP contribution in [-0.2, 0) is 6.54 Å². The number of carboxylic acid groups (broad SMARTS) is 1. The van der Waals surface area contributed by atoms with Gasteiger partial charge in [0.05, 0.1) is 11.7 Å². The van der Waals surface area contributed by atoms with E-state index in [-0.39, 0.29) is 24.0 Å². The van der Waals surface area contributed by atoms with Gasteiger partial charge in [0.15, 0.2) is 5.76 Å². The Labute approximate surface area is 140 Å². The van der Waals surface area contributed by atoms with E-state index in [1.54, 1.807) is 0 Å². The molecule has 2 rings (SSSR count). The second-order valence-electron chi connectivity index (χ2n) is 5.64. The third-order valence-corrected chi connectivity index (χ3v) is 3.64. The smallest absolute Gasteiger partial charge is 0.338 e. The van der Waals surface area contributed by atoms with Crippen LogP contribution in [-0.4, -0.2) is 23.1 Å². The van der Waals surface area contributed by atoms with Crippen molar-refractivity contribution in [1.82, 2.24) is 5.32 Å². The molecule has 128 valence electrons. The Kier molecular flexibility index (Phi) is 5.63. The van der Waals surface area contributed by atoms with Gasteiger partial charge < -0.3 is 19.6 Å². The Balaban J connectivity index is 2.07. The Hall–Kier alpha value is -2.76. The van der Waals surface area contributed by atoms with Gasteiger partial charge >= 0.3 is 5.97 Å².